The van der Waals surface area contributed by atoms with Crippen molar-refractivity contribution in [3.05, 3.63) is 30.1 Å². The van der Waals surface area contributed by atoms with E-state index in [0.29, 0.717) is 6.54 Å². The van der Waals surface area contributed by atoms with Gasteiger partial charge in [-0.1, -0.05) is 19.9 Å². The minimum atomic E-state index is 0.0240. The maximum atomic E-state index is 11.4. The van der Waals surface area contributed by atoms with Crippen molar-refractivity contribution in [2.75, 3.05) is 0 Å². The largest absolute Gasteiger partial charge is 0.352 e. The van der Waals surface area contributed by atoms with Gasteiger partial charge >= 0.3 is 0 Å². The molecule has 2 N–H and O–H groups in total. The Morgan fingerprint density at radius 2 is 2.31 bits per heavy atom. The number of nitrogens with one attached hydrogen (secondary N) is 2. The third-order valence-corrected chi connectivity index (χ3v) is 2.48. The molecule has 2 rings (SSSR count). The van der Waals surface area contributed by atoms with Crippen molar-refractivity contribution in [2.45, 2.75) is 20.4 Å². The number of rotatable bonds is 3. The van der Waals surface area contributed by atoms with E-state index in [1.54, 1.807) is 6.33 Å². The smallest absolute Gasteiger partial charge is 0.222 e. The second kappa shape index (κ2) is 4.35. The van der Waals surface area contributed by atoms with Gasteiger partial charge in [0.15, 0.2) is 0 Å². The molecule has 4 nitrogen and oxygen atoms in total. The molecule has 16 heavy (non-hydrogen) atoms. The predicted octanol–water partition coefficient (Wildman–Crippen LogP) is 1.84. The Labute approximate surface area is 94.1 Å². The number of carbonyl (C=O) groups excluding carboxylic acids is 1. The number of benzene rings is 1. The average Bonchev–Trinajstić information content (AvgIpc) is 2.72. The molecule has 1 heterocycles. The van der Waals surface area contributed by atoms with Gasteiger partial charge in [-0.2, -0.15) is 0 Å². The lowest BCUT2D eigenvalue weighted by molar-refractivity contribution is -0.124. The summed E-state index contributed by atoms with van der Waals surface area (Å²) >= 11 is 0. The van der Waals surface area contributed by atoms with Gasteiger partial charge in [0.1, 0.15) is 0 Å². The van der Waals surface area contributed by atoms with Gasteiger partial charge in [-0.25, -0.2) is 4.98 Å². The van der Waals surface area contributed by atoms with E-state index in [9.17, 15) is 4.79 Å². The van der Waals surface area contributed by atoms with E-state index < -0.39 is 0 Å². The summed E-state index contributed by atoms with van der Waals surface area (Å²) in [5.74, 6) is 0.0978. The van der Waals surface area contributed by atoms with Crippen LogP contribution >= 0.6 is 0 Å². The highest BCUT2D eigenvalue weighted by molar-refractivity contribution is 5.78. The maximum absolute atomic E-state index is 11.4. The molecule has 4 heteroatoms. The van der Waals surface area contributed by atoms with Crippen LogP contribution in [0.15, 0.2) is 24.5 Å². The molecule has 0 spiro atoms. The van der Waals surface area contributed by atoms with Crippen molar-refractivity contribution >= 4 is 16.9 Å². The number of amides is 1. The standard InChI is InChI=1S/C12H15N3O/c1-8(2)12(16)13-6-9-3-4-10-11(5-9)15-7-14-10/h3-5,7-8H,6H2,1-2H3,(H,13,16)(H,14,15). The predicted molar refractivity (Wildman–Crippen MR) is 62.8 cm³/mol. The van der Waals surface area contributed by atoms with E-state index in [1.165, 1.54) is 0 Å². The van der Waals surface area contributed by atoms with E-state index in [0.717, 1.165) is 16.6 Å². The fourth-order valence-corrected chi connectivity index (χ4v) is 1.49. The lowest BCUT2D eigenvalue weighted by Crippen LogP contribution is -2.27. The van der Waals surface area contributed by atoms with Gasteiger partial charge in [-0.3, -0.25) is 4.79 Å². The second-order valence-electron chi connectivity index (χ2n) is 4.13. The quantitative estimate of drug-likeness (QED) is 0.824. The highest BCUT2D eigenvalue weighted by Crippen LogP contribution is 2.11. The van der Waals surface area contributed by atoms with E-state index in [1.807, 2.05) is 32.0 Å². The van der Waals surface area contributed by atoms with Crippen molar-refractivity contribution in [3.63, 3.8) is 0 Å². The fourth-order valence-electron chi connectivity index (χ4n) is 1.49. The number of hydrogen-bond donors (Lipinski definition) is 2. The van der Waals surface area contributed by atoms with Gasteiger partial charge < -0.3 is 10.3 Å². The van der Waals surface area contributed by atoms with E-state index in [2.05, 4.69) is 15.3 Å². The zero-order chi connectivity index (χ0) is 11.5. The van der Waals surface area contributed by atoms with Gasteiger partial charge in [0.2, 0.25) is 5.91 Å². The first kappa shape index (κ1) is 10.7. The molecule has 0 unspecified atom stereocenters. The van der Waals surface area contributed by atoms with Crippen LogP contribution in [0.2, 0.25) is 0 Å². The number of aromatic nitrogens is 2. The molecular weight excluding hydrogens is 202 g/mol. The molecule has 84 valence electrons. The summed E-state index contributed by atoms with van der Waals surface area (Å²) < 4.78 is 0. The third kappa shape index (κ3) is 2.21. The summed E-state index contributed by atoms with van der Waals surface area (Å²) in [6.07, 6.45) is 1.67. The van der Waals surface area contributed by atoms with Crippen molar-refractivity contribution in [1.82, 2.24) is 15.3 Å². The Morgan fingerprint density at radius 3 is 3.06 bits per heavy atom. The molecule has 0 aliphatic rings. The molecule has 1 aromatic carbocycles. The maximum Gasteiger partial charge on any atom is 0.222 e. The van der Waals surface area contributed by atoms with E-state index in [-0.39, 0.29) is 11.8 Å². The number of aromatic amines is 1. The topological polar surface area (TPSA) is 57.8 Å². The Kier molecular flexibility index (Phi) is 2.90. The number of H-pyrrole nitrogens is 1. The van der Waals surface area contributed by atoms with Gasteiger partial charge in [0.05, 0.1) is 17.4 Å². The number of fused-ring (bicyclic) bond motifs is 1. The van der Waals surface area contributed by atoms with Gasteiger partial charge in [0, 0.05) is 12.5 Å². The molecule has 0 saturated carbocycles. The summed E-state index contributed by atoms with van der Waals surface area (Å²) in [6, 6.07) is 5.93. The normalized spacial score (nSPS) is 10.9. The average molecular weight is 217 g/mol. The van der Waals surface area contributed by atoms with Crippen molar-refractivity contribution in [1.29, 1.82) is 0 Å². The molecule has 0 saturated heterocycles. The Morgan fingerprint density at radius 1 is 1.50 bits per heavy atom. The van der Waals surface area contributed by atoms with Crippen LogP contribution in [0, 0.1) is 5.92 Å². The molecule has 1 amide bonds. The molecule has 0 aliphatic carbocycles. The number of carbonyl (C=O) groups is 1. The third-order valence-electron chi connectivity index (χ3n) is 2.48. The zero-order valence-corrected chi connectivity index (χ0v) is 9.45. The second-order valence-corrected chi connectivity index (χ2v) is 4.13. The van der Waals surface area contributed by atoms with E-state index >= 15 is 0 Å². The molecule has 2 aromatic rings. The zero-order valence-electron chi connectivity index (χ0n) is 9.45. The van der Waals surface area contributed by atoms with Crippen molar-refractivity contribution in [2.24, 2.45) is 5.92 Å². The van der Waals surface area contributed by atoms with E-state index in [4.69, 9.17) is 0 Å². The fraction of sp³-hybridized carbons (Fsp3) is 0.333. The van der Waals surface area contributed by atoms with Gasteiger partial charge in [-0.05, 0) is 17.7 Å². The summed E-state index contributed by atoms with van der Waals surface area (Å²) in [5, 5.41) is 2.88. The lowest BCUT2D eigenvalue weighted by Gasteiger charge is -2.07. The highest BCUT2D eigenvalue weighted by atomic mass is 16.1. The monoisotopic (exact) mass is 217 g/mol. The number of imidazole rings is 1. The minimum Gasteiger partial charge on any atom is -0.352 e. The summed E-state index contributed by atoms with van der Waals surface area (Å²) in [7, 11) is 0. The Balaban J connectivity index is 2.06. The molecule has 0 aliphatic heterocycles. The lowest BCUT2D eigenvalue weighted by atomic mass is 10.1. The summed E-state index contributed by atoms with van der Waals surface area (Å²) in [4.78, 5) is 18.6. The van der Waals surface area contributed by atoms with Crippen molar-refractivity contribution < 1.29 is 4.79 Å². The molecule has 0 atom stereocenters. The minimum absolute atomic E-state index is 0.0240. The van der Waals surface area contributed by atoms with Crippen LogP contribution in [-0.2, 0) is 11.3 Å². The number of hydrogen-bond acceptors (Lipinski definition) is 2. The van der Waals surface area contributed by atoms with Crippen LogP contribution in [0.5, 0.6) is 0 Å². The van der Waals surface area contributed by atoms with Crippen LogP contribution in [0.25, 0.3) is 11.0 Å². The van der Waals surface area contributed by atoms with Crippen LogP contribution in [0.1, 0.15) is 19.4 Å². The molecular formula is C12H15N3O. The summed E-state index contributed by atoms with van der Waals surface area (Å²) in [5.41, 5.74) is 3.01. The van der Waals surface area contributed by atoms with Crippen molar-refractivity contribution in [3.8, 4) is 0 Å². The first-order valence-corrected chi connectivity index (χ1v) is 5.36. The van der Waals surface area contributed by atoms with Crippen LogP contribution in [0.3, 0.4) is 0 Å². The van der Waals surface area contributed by atoms with Gasteiger partial charge in [0.25, 0.3) is 0 Å². The molecule has 1 aromatic heterocycles. The Hall–Kier alpha value is -1.84. The Bertz CT molecular complexity index is 502. The SMILES string of the molecule is CC(C)C(=O)NCc1ccc2nc[nH]c2c1. The van der Waals surface area contributed by atoms with Crippen LogP contribution < -0.4 is 5.32 Å². The van der Waals surface area contributed by atoms with Gasteiger partial charge in [-0.15, -0.1) is 0 Å². The first-order chi connectivity index (χ1) is 7.66. The molecule has 0 radical (unpaired) electrons. The molecule has 0 fully saturated rings. The number of nitrogens with zero attached hydrogens (tertiary/aromatic N) is 1. The highest BCUT2D eigenvalue weighted by Gasteiger charge is 2.06. The van der Waals surface area contributed by atoms with Crippen LogP contribution in [-0.4, -0.2) is 15.9 Å². The first-order valence-electron chi connectivity index (χ1n) is 5.36. The summed E-state index contributed by atoms with van der Waals surface area (Å²) in [6.45, 7) is 4.33. The molecule has 0 bridgehead atoms. The van der Waals surface area contributed by atoms with Crippen LogP contribution in [0.4, 0.5) is 0 Å².